The normalized spacial score (nSPS) is 8.92. The molecule has 0 spiro atoms. The fourth-order valence-electron chi connectivity index (χ4n) is 0.696. The van der Waals surface area contributed by atoms with E-state index in [1.165, 1.54) is 6.20 Å². The number of nitrogens with zero attached hydrogens (tertiary/aromatic N) is 2. The fraction of sp³-hybridized carbons (Fsp3) is 0.250. The largest absolute Gasteiger partial charge is 0.384 e. The van der Waals surface area contributed by atoms with Gasteiger partial charge in [-0.3, -0.25) is 0 Å². The summed E-state index contributed by atoms with van der Waals surface area (Å²) in [6, 6.07) is 0. The number of hydrogen-bond acceptors (Lipinski definition) is 3. The molecular weight excluding hydrogens is 176 g/mol. The van der Waals surface area contributed by atoms with Crippen LogP contribution in [0, 0.1) is 18.8 Å². The van der Waals surface area contributed by atoms with Gasteiger partial charge in [0.25, 0.3) is 0 Å². The van der Waals surface area contributed by atoms with Gasteiger partial charge in [0.1, 0.15) is 6.61 Å². The quantitative estimate of drug-likeness (QED) is 0.477. The van der Waals surface area contributed by atoms with E-state index in [4.69, 9.17) is 16.7 Å². The van der Waals surface area contributed by atoms with E-state index in [-0.39, 0.29) is 11.9 Å². The third kappa shape index (κ3) is 2.19. The molecule has 0 aromatic carbocycles. The van der Waals surface area contributed by atoms with Gasteiger partial charge in [-0.1, -0.05) is 11.8 Å². The van der Waals surface area contributed by atoms with Crippen LogP contribution in [0.25, 0.3) is 0 Å². The van der Waals surface area contributed by atoms with Crippen LogP contribution in [-0.2, 0) is 0 Å². The summed E-state index contributed by atoms with van der Waals surface area (Å²) in [5, 5.41) is 8.64. The van der Waals surface area contributed by atoms with Crippen LogP contribution in [0.4, 0.5) is 0 Å². The third-order valence-electron chi connectivity index (χ3n) is 1.25. The highest BCUT2D eigenvalue weighted by atomic mass is 35.5. The smallest absolute Gasteiger partial charge is 0.222 e. The highest BCUT2D eigenvalue weighted by Crippen LogP contribution is 2.05. The van der Waals surface area contributed by atoms with Gasteiger partial charge < -0.3 is 5.11 Å². The number of aliphatic hydroxyl groups is 1. The summed E-state index contributed by atoms with van der Waals surface area (Å²) in [6.07, 6.45) is 1.54. The van der Waals surface area contributed by atoms with E-state index >= 15 is 0 Å². The lowest BCUT2D eigenvalue weighted by atomic mass is 10.2. The van der Waals surface area contributed by atoms with Crippen molar-refractivity contribution in [1.82, 2.24) is 9.97 Å². The third-order valence-corrected chi connectivity index (χ3v) is 1.43. The molecule has 0 saturated heterocycles. The molecule has 0 unspecified atom stereocenters. The van der Waals surface area contributed by atoms with Crippen molar-refractivity contribution in [1.29, 1.82) is 0 Å². The Labute approximate surface area is 75.4 Å². The zero-order valence-corrected chi connectivity index (χ0v) is 7.26. The van der Waals surface area contributed by atoms with E-state index < -0.39 is 0 Å². The van der Waals surface area contributed by atoms with Crippen molar-refractivity contribution < 1.29 is 5.11 Å². The molecule has 12 heavy (non-hydrogen) atoms. The first-order valence-electron chi connectivity index (χ1n) is 3.33. The Morgan fingerprint density at radius 1 is 1.67 bits per heavy atom. The molecule has 1 N–H and O–H groups in total. The summed E-state index contributed by atoms with van der Waals surface area (Å²) >= 11 is 5.53. The van der Waals surface area contributed by atoms with Gasteiger partial charge in [-0.2, -0.15) is 0 Å². The lowest BCUT2D eigenvalue weighted by Crippen LogP contribution is -1.91. The summed E-state index contributed by atoms with van der Waals surface area (Å²) in [5.74, 6) is 5.21. The average Bonchev–Trinajstić information content (AvgIpc) is 2.03. The maximum Gasteiger partial charge on any atom is 0.222 e. The van der Waals surface area contributed by atoms with E-state index in [9.17, 15) is 0 Å². The van der Waals surface area contributed by atoms with Crippen LogP contribution in [0.5, 0.6) is 0 Å². The molecule has 1 aromatic heterocycles. The summed E-state index contributed by atoms with van der Waals surface area (Å²) in [4.78, 5) is 7.66. The standard InChI is InChI=1S/C8H7ClN2O/c1-6-7(3-2-4-12)5-10-8(9)11-6/h5,12H,4H2,1H3. The van der Waals surface area contributed by atoms with Crippen LogP contribution in [0.3, 0.4) is 0 Å². The first-order valence-corrected chi connectivity index (χ1v) is 3.70. The Bertz CT molecular complexity index is 341. The highest BCUT2D eigenvalue weighted by molar-refractivity contribution is 6.28. The minimum Gasteiger partial charge on any atom is -0.384 e. The summed E-state index contributed by atoms with van der Waals surface area (Å²) in [5.41, 5.74) is 1.41. The maximum atomic E-state index is 8.43. The van der Waals surface area contributed by atoms with Gasteiger partial charge in [-0.05, 0) is 18.5 Å². The monoisotopic (exact) mass is 182 g/mol. The minimum absolute atomic E-state index is 0.165. The number of hydrogen-bond donors (Lipinski definition) is 1. The zero-order valence-electron chi connectivity index (χ0n) is 6.50. The molecule has 0 saturated carbocycles. The van der Waals surface area contributed by atoms with Gasteiger partial charge in [0.15, 0.2) is 0 Å². The van der Waals surface area contributed by atoms with Gasteiger partial charge in [-0.15, -0.1) is 0 Å². The van der Waals surface area contributed by atoms with Gasteiger partial charge in [0.05, 0.1) is 11.3 Å². The number of halogens is 1. The van der Waals surface area contributed by atoms with Crippen molar-refractivity contribution in [3.63, 3.8) is 0 Å². The number of aromatic nitrogens is 2. The zero-order chi connectivity index (χ0) is 8.97. The Hall–Kier alpha value is -1.11. The van der Waals surface area contributed by atoms with Crippen molar-refractivity contribution in [2.24, 2.45) is 0 Å². The second kappa shape index (κ2) is 4.05. The average molecular weight is 183 g/mol. The van der Waals surface area contributed by atoms with E-state index in [2.05, 4.69) is 21.8 Å². The molecule has 1 heterocycles. The number of aryl methyl sites for hydroxylation is 1. The molecule has 1 rings (SSSR count). The van der Waals surface area contributed by atoms with Gasteiger partial charge >= 0.3 is 0 Å². The molecule has 62 valence electrons. The summed E-state index contributed by atoms with van der Waals surface area (Å²) < 4.78 is 0. The van der Waals surface area contributed by atoms with E-state index in [0.717, 1.165) is 5.69 Å². The topological polar surface area (TPSA) is 46.0 Å². The Balaban J connectivity index is 3.01. The molecule has 0 amide bonds. The Morgan fingerprint density at radius 3 is 3.00 bits per heavy atom. The van der Waals surface area contributed by atoms with Crippen LogP contribution in [0.2, 0.25) is 5.28 Å². The predicted molar refractivity (Wildman–Crippen MR) is 45.7 cm³/mol. The van der Waals surface area contributed by atoms with Gasteiger partial charge in [0.2, 0.25) is 5.28 Å². The summed E-state index contributed by atoms with van der Waals surface area (Å²) in [7, 11) is 0. The van der Waals surface area contributed by atoms with E-state index in [0.29, 0.717) is 5.56 Å². The van der Waals surface area contributed by atoms with Gasteiger partial charge in [0, 0.05) is 6.20 Å². The van der Waals surface area contributed by atoms with E-state index in [1.54, 1.807) is 6.92 Å². The molecule has 0 atom stereocenters. The number of aliphatic hydroxyl groups excluding tert-OH is 1. The van der Waals surface area contributed by atoms with Crippen LogP contribution in [0.15, 0.2) is 6.20 Å². The lowest BCUT2D eigenvalue weighted by molar-refractivity contribution is 0.350. The SMILES string of the molecule is Cc1nc(Cl)ncc1C#CCO. The molecule has 0 bridgehead atoms. The lowest BCUT2D eigenvalue weighted by Gasteiger charge is -1.95. The molecule has 0 radical (unpaired) electrons. The number of rotatable bonds is 0. The Kier molecular flexibility index (Phi) is 3.03. The molecule has 0 fully saturated rings. The van der Waals surface area contributed by atoms with Crippen molar-refractivity contribution in [2.75, 3.05) is 6.61 Å². The van der Waals surface area contributed by atoms with Crippen LogP contribution >= 0.6 is 11.6 Å². The second-order valence-electron chi connectivity index (χ2n) is 2.10. The molecule has 0 aliphatic heterocycles. The second-order valence-corrected chi connectivity index (χ2v) is 2.44. The fourth-order valence-corrected chi connectivity index (χ4v) is 0.872. The van der Waals surface area contributed by atoms with Crippen LogP contribution in [-0.4, -0.2) is 21.7 Å². The molecule has 0 aliphatic rings. The summed E-state index contributed by atoms with van der Waals surface area (Å²) in [6.45, 7) is 1.62. The van der Waals surface area contributed by atoms with Crippen LogP contribution < -0.4 is 0 Å². The van der Waals surface area contributed by atoms with Crippen molar-refractivity contribution in [3.05, 3.63) is 22.7 Å². The van der Waals surface area contributed by atoms with Crippen molar-refractivity contribution >= 4 is 11.6 Å². The van der Waals surface area contributed by atoms with Gasteiger partial charge in [-0.25, -0.2) is 9.97 Å². The Morgan fingerprint density at radius 2 is 2.42 bits per heavy atom. The molecule has 4 heteroatoms. The maximum absolute atomic E-state index is 8.43. The molecular formula is C8H7ClN2O. The minimum atomic E-state index is -0.165. The molecule has 1 aromatic rings. The van der Waals surface area contributed by atoms with E-state index in [1.807, 2.05) is 0 Å². The first-order chi connectivity index (χ1) is 5.74. The van der Waals surface area contributed by atoms with Crippen molar-refractivity contribution in [3.8, 4) is 11.8 Å². The molecule has 3 nitrogen and oxygen atoms in total. The molecule has 0 aliphatic carbocycles. The predicted octanol–water partition coefficient (Wildman–Crippen LogP) is 0.782. The highest BCUT2D eigenvalue weighted by Gasteiger charge is 1.97. The van der Waals surface area contributed by atoms with Crippen LogP contribution in [0.1, 0.15) is 11.3 Å². The first kappa shape index (κ1) is 8.98. The van der Waals surface area contributed by atoms with Crippen molar-refractivity contribution in [2.45, 2.75) is 6.92 Å².